The van der Waals surface area contributed by atoms with Crippen LogP contribution < -0.4 is 5.32 Å². The monoisotopic (exact) mass is 342 g/mol. The zero-order chi connectivity index (χ0) is 16.9. The van der Waals surface area contributed by atoms with E-state index < -0.39 is 5.82 Å². The van der Waals surface area contributed by atoms with E-state index in [-0.39, 0.29) is 17.5 Å². The van der Waals surface area contributed by atoms with Crippen molar-refractivity contribution >= 4 is 17.5 Å². The minimum Gasteiger partial charge on any atom is -0.348 e. The summed E-state index contributed by atoms with van der Waals surface area (Å²) in [4.78, 5) is 24.2. The van der Waals surface area contributed by atoms with Crippen LogP contribution in [0.3, 0.4) is 0 Å². The second-order valence-electron chi connectivity index (χ2n) is 4.99. The molecule has 0 aliphatic rings. The fourth-order valence-corrected chi connectivity index (χ4v) is 2.27. The van der Waals surface area contributed by atoms with Crippen molar-refractivity contribution in [2.24, 2.45) is 0 Å². The highest BCUT2D eigenvalue weighted by atomic mass is 35.5. The van der Waals surface area contributed by atoms with Crippen molar-refractivity contribution in [2.45, 2.75) is 6.54 Å². The van der Waals surface area contributed by atoms with Crippen LogP contribution in [0.2, 0.25) is 5.02 Å². The summed E-state index contributed by atoms with van der Waals surface area (Å²) in [6.45, 7) is 0.243. The number of pyridine rings is 1. The lowest BCUT2D eigenvalue weighted by molar-refractivity contribution is 0.0950. The molecule has 0 saturated carbocycles. The molecule has 0 spiro atoms. The van der Waals surface area contributed by atoms with Gasteiger partial charge in [0.25, 0.3) is 5.91 Å². The molecular formula is C17H12ClFN4O. The second-order valence-corrected chi connectivity index (χ2v) is 5.40. The number of hydrogen-bond donors (Lipinski definition) is 1. The van der Waals surface area contributed by atoms with Gasteiger partial charge >= 0.3 is 0 Å². The number of aromatic nitrogens is 3. The molecule has 2 heterocycles. The molecule has 3 aromatic rings. The van der Waals surface area contributed by atoms with Crippen molar-refractivity contribution in [3.8, 4) is 11.3 Å². The maximum Gasteiger partial charge on any atom is 0.253 e. The molecule has 120 valence electrons. The third kappa shape index (κ3) is 3.72. The van der Waals surface area contributed by atoms with E-state index in [9.17, 15) is 9.18 Å². The molecule has 5 nitrogen and oxygen atoms in total. The molecule has 0 radical (unpaired) electrons. The number of benzene rings is 1. The molecule has 24 heavy (non-hydrogen) atoms. The Balaban J connectivity index is 1.66. The van der Waals surface area contributed by atoms with Gasteiger partial charge in [-0.2, -0.15) is 0 Å². The van der Waals surface area contributed by atoms with E-state index in [1.807, 2.05) is 0 Å². The Bertz CT molecular complexity index is 856. The minimum atomic E-state index is -0.489. The zero-order valence-electron chi connectivity index (χ0n) is 12.4. The molecule has 0 aliphatic carbocycles. The summed E-state index contributed by atoms with van der Waals surface area (Å²) in [5.41, 5.74) is 2.58. The molecule has 0 atom stereocenters. The van der Waals surface area contributed by atoms with Crippen LogP contribution in [0.5, 0.6) is 0 Å². The quantitative estimate of drug-likeness (QED) is 0.790. The molecule has 0 fully saturated rings. The van der Waals surface area contributed by atoms with Crippen LogP contribution in [0.1, 0.15) is 15.9 Å². The molecule has 3 rings (SSSR count). The van der Waals surface area contributed by atoms with E-state index >= 15 is 0 Å². The van der Waals surface area contributed by atoms with Crippen molar-refractivity contribution < 1.29 is 9.18 Å². The minimum absolute atomic E-state index is 0.0258. The molecule has 0 saturated heterocycles. The first-order valence-corrected chi connectivity index (χ1v) is 7.45. The van der Waals surface area contributed by atoms with Gasteiger partial charge in [0.15, 0.2) is 0 Å². The average molecular weight is 343 g/mol. The van der Waals surface area contributed by atoms with Crippen LogP contribution in [0.25, 0.3) is 11.3 Å². The van der Waals surface area contributed by atoms with Crippen molar-refractivity contribution in [2.75, 3.05) is 0 Å². The molecule has 1 amide bonds. The summed E-state index contributed by atoms with van der Waals surface area (Å²) < 4.78 is 13.1. The van der Waals surface area contributed by atoms with Crippen molar-refractivity contribution in [3.05, 3.63) is 77.2 Å². The largest absolute Gasteiger partial charge is 0.348 e. The smallest absolute Gasteiger partial charge is 0.253 e. The molecule has 2 aromatic heterocycles. The van der Waals surface area contributed by atoms with E-state index in [2.05, 4.69) is 20.3 Å². The third-order valence-electron chi connectivity index (χ3n) is 3.32. The predicted octanol–water partition coefficient (Wildman–Crippen LogP) is 3.26. The average Bonchev–Trinajstić information content (AvgIpc) is 2.63. The van der Waals surface area contributed by atoms with Crippen LogP contribution >= 0.6 is 11.6 Å². The topological polar surface area (TPSA) is 67.8 Å². The molecule has 0 aliphatic heterocycles. The third-order valence-corrected chi connectivity index (χ3v) is 3.61. The van der Waals surface area contributed by atoms with Crippen molar-refractivity contribution in [3.63, 3.8) is 0 Å². The van der Waals surface area contributed by atoms with Gasteiger partial charge in [-0.3, -0.25) is 9.78 Å². The number of rotatable bonds is 4. The van der Waals surface area contributed by atoms with Gasteiger partial charge in [-0.05, 0) is 29.8 Å². The lowest BCUT2D eigenvalue weighted by atomic mass is 10.1. The summed E-state index contributed by atoms with van der Waals surface area (Å²) >= 11 is 5.71. The lowest BCUT2D eigenvalue weighted by Crippen LogP contribution is -2.22. The predicted molar refractivity (Wildman–Crippen MR) is 87.8 cm³/mol. The van der Waals surface area contributed by atoms with Gasteiger partial charge in [0.1, 0.15) is 12.1 Å². The number of carbonyl (C=O) groups is 1. The maximum absolute atomic E-state index is 13.1. The van der Waals surface area contributed by atoms with Crippen molar-refractivity contribution in [1.29, 1.82) is 0 Å². The molecular weight excluding hydrogens is 331 g/mol. The first kappa shape index (κ1) is 16.0. The summed E-state index contributed by atoms with van der Waals surface area (Å²) in [6, 6.07) is 7.71. The first-order chi connectivity index (χ1) is 11.6. The Hall–Kier alpha value is -2.86. The first-order valence-electron chi connectivity index (χ1n) is 7.07. The Morgan fingerprint density at radius 2 is 1.92 bits per heavy atom. The fraction of sp³-hybridized carbons (Fsp3) is 0.0588. The molecule has 0 unspecified atom stereocenters. The highest BCUT2D eigenvalue weighted by Gasteiger charge is 2.08. The SMILES string of the molecule is O=C(NCc1ccc(F)c(Cl)c1)c1ccc(-c2cncnc2)nc1. The summed E-state index contributed by atoms with van der Waals surface area (Å²) in [5.74, 6) is -0.768. The van der Waals surface area contributed by atoms with E-state index in [4.69, 9.17) is 11.6 Å². The Kier molecular flexibility index (Phi) is 4.77. The normalized spacial score (nSPS) is 10.4. The van der Waals surface area contributed by atoms with Crippen LogP contribution in [0, 0.1) is 5.82 Å². The summed E-state index contributed by atoms with van der Waals surface area (Å²) in [5, 5.41) is 2.76. The highest BCUT2D eigenvalue weighted by molar-refractivity contribution is 6.30. The van der Waals surface area contributed by atoms with Gasteiger partial charge in [-0.15, -0.1) is 0 Å². The molecule has 1 N–H and O–H groups in total. The van der Waals surface area contributed by atoms with E-state index in [0.29, 0.717) is 16.8 Å². The molecule has 0 bridgehead atoms. The molecule has 7 heteroatoms. The van der Waals surface area contributed by atoms with E-state index in [1.165, 1.54) is 24.7 Å². The summed E-state index contributed by atoms with van der Waals surface area (Å²) in [7, 11) is 0. The second kappa shape index (κ2) is 7.14. The van der Waals surface area contributed by atoms with Crippen molar-refractivity contribution in [1.82, 2.24) is 20.3 Å². The van der Waals surface area contributed by atoms with Gasteiger partial charge in [0.2, 0.25) is 0 Å². The highest BCUT2D eigenvalue weighted by Crippen LogP contribution is 2.16. The lowest BCUT2D eigenvalue weighted by Gasteiger charge is -2.07. The van der Waals surface area contributed by atoms with Gasteiger partial charge in [0.05, 0.1) is 16.3 Å². The Morgan fingerprint density at radius 3 is 2.58 bits per heavy atom. The zero-order valence-corrected chi connectivity index (χ0v) is 13.2. The number of amides is 1. The van der Waals surface area contributed by atoms with Crippen LogP contribution in [-0.4, -0.2) is 20.9 Å². The van der Waals surface area contributed by atoms with Crippen LogP contribution in [-0.2, 0) is 6.54 Å². The number of hydrogen-bond acceptors (Lipinski definition) is 4. The number of carbonyl (C=O) groups excluding carboxylic acids is 1. The number of nitrogens with zero attached hydrogens (tertiary/aromatic N) is 3. The Labute approximate surface area is 142 Å². The fourth-order valence-electron chi connectivity index (χ4n) is 2.06. The van der Waals surface area contributed by atoms with Crippen LogP contribution in [0.15, 0.2) is 55.2 Å². The standard InChI is InChI=1S/C17H12ClFN4O/c18-14-5-11(1-3-15(14)19)6-23-17(24)12-2-4-16(22-9-12)13-7-20-10-21-8-13/h1-5,7-10H,6H2,(H,23,24). The van der Waals surface area contributed by atoms with Gasteiger partial charge in [-0.1, -0.05) is 17.7 Å². The van der Waals surface area contributed by atoms with Gasteiger partial charge in [-0.25, -0.2) is 14.4 Å². The van der Waals surface area contributed by atoms with Crippen LogP contribution in [0.4, 0.5) is 4.39 Å². The number of nitrogens with one attached hydrogen (secondary N) is 1. The number of halogens is 2. The van der Waals surface area contributed by atoms with Gasteiger partial charge in [0, 0.05) is 30.7 Å². The van der Waals surface area contributed by atoms with E-state index in [0.717, 1.165) is 5.56 Å². The molecule has 1 aromatic carbocycles. The summed E-state index contributed by atoms with van der Waals surface area (Å²) in [6.07, 6.45) is 6.21. The van der Waals surface area contributed by atoms with E-state index in [1.54, 1.807) is 30.6 Å². The maximum atomic E-state index is 13.1. The Morgan fingerprint density at radius 1 is 1.12 bits per heavy atom. The van der Waals surface area contributed by atoms with Gasteiger partial charge < -0.3 is 5.32 Å².